The van der Waals surface area contributed by atoms with Gasteiger partial charge in [-0.2, -0.15) is 0 Å². The molecule has 0 unspecified atom stereocenters. The van der Waals surface area contributed by atoms with E-state index in [2.05, 4.69) is 5.32 Å². The SMILES string of the molecule is CCOC(=O)Nc1ccc(C=O)c(OC)c1. The largest absolute Gasteiger partial charge is 0.496 e. The molecule has 0 bridgehead atoms. The summed E-state index contributed by atoms with van der Waals surface area (Å²) in [6.07, 6.45) is 0.149. The lowest BCUT2D eigenvalue weighted by Gasteiger charge is -2.08. The Bertz CT molecular complexity index is 390. The Kier molecular flexibility index (Phi) is 4.32. The zero-order valence-corrected chi connectivity index (χ0v) is 9.15. The maximum Gasteiger partial charge on any atom is 0.411 e. The number of amides is 1. The van der Waals surface area contributed by atoms with Crippen molar-refractivity contribution in [2.24, 2.45) is 0 Å². The van der Waals surface area contributed by atoms with E-state index in [9.17, 15) is 9.59 Å². The first-order valence-electron chi connectivity index (χ1n) is 4.78. The summed E-state index contributed by atoms with van der Waals surface area (Å²) in [5.74, 6) is 0.407. The summed E-state index contributed by atoms with van der Waals surface area (Å²) in [4.78, 5) is 21.8. The molecule has 86 valence electrons. The minimum atomic E-state index is -0.539. The van der Waals surface area contributed by atoms with Crippen LogP contribution in [-0.4, -0.2) is 26.1 Å². The number of nitrogens with one attached hydrogen (secondary N) is 1. The highest BCUT2D eigenvalue weighted by Gasteiger charge is 2.06. The number of aldehydes is 1. The van der Waals surface area contributed by atoms with Gasteiger partial charge in [0.25, 0.3) is 0 Å². The number of carbonyl (C=O) groups is 2. The van der Waals surface area contributed by atoms with Gasteiger partial charge in [-0.05, 0) is 19.1 Å². The molecular weight excluding hydrogens is 210 g/mol. The normalized spacial score (nSPS) is 9.38. The number of benzene rings is 1. The lowest BCUT2D eigenvalue weighted by atomic mass is 10.2. The van der Waals surface area contributed by atoms with Crippen molar-refractivity contribution in [1.82, 2.24) is 0 Å². The second-order valence-electron chi connectivity index (χ2n) is 2.92. The van der Waals surface area contributed by atoms with Crippen LogP contribution < -0.4 is 10.1 Å². The van der Waals surface area contributed by atoms with Gasteiger partial charge in [0.2, 0.25) is 0 Å². The summed E-state index contributed by atoms with van der Waals surface area (Å²) in [5.41, 5.74) is 0.942. The van der Waals surface area contributed by atoms with Gasteiger partial charge in [-0.15, -0.1) is 0 Å². The third-order valence-corrected chi connectivity index (χ3v) is 1.88. The Balaban J connectivity index is 2.82. The molecule has 0 saturated carbocycles. The Labute approximate surface area is 93.4 Å². The Morgan fingerprint density at radius 3 is 2.81 bits per heavy atom. The summed E-state index contributed by atoms with van der Waals surface area (Å²) >= 11 is 0. The fourth-order valence-corrected chi connectivity index (χ4v) is 1.17. The zero-order chi connectivity index (χ0) is 12.0. The number of rotatable bonds is 4. The molecule has 16 heavy (non-hydrogen) atoms. The molecule has 0 heterocycles. The van der Waals surface area contributed by atoms with Crippen molar-refractivity contribution in [1.29, 1.82) is 0 Å². The average Bonchev–Trinajstić information content (AvgIpc) is 2.29. The Hall–Kier alpha value is -2.04. The molecule has 1 N–H and O–H groups in total. The van der Waals surface area contributed by atoms with E-state index < -0.39 is 6.09 Å². The van der Waals surface area contributed by atoms with Crippen molar-refractivity contribution < 1.29 is 19.1 Å². The zero-order valence-electron chi connectivity index (χ0n) is 9.15. The van der Waals surface area contributed by atoms with Crippen LogP contribution in [0.2, 0.25) is 0 Å². The molecule has 0 atom stereocenters. The van der Waals surface area contributed by atoms with Crippen LogP contribution in [0.5, 0.6) is 5.75 Å². The maximum atomic E-state index is 11.1. The van der Waals surface area contributed by atoms with E-state index in [1.807, 2.05) is 0 Å². The van der Waals surface area contributed by atoms with Crippen LogP contribution in [0.4, 0.5) is 10.5 Å². The molecule has 5 heteroatoms. The van der Waals surface area contributed by atoms with E-state index in [4.69, 9.17) is 9.47 Å². The summed E-state index contributed by atoms with van der Waals surface area (Å²) in [6, 6.07) is 4.72. The second kappa shape index (κ2) is 5.75. The first-order valence-corrected chi connectivity index (χ1v) is 4.78. The lowest BCUT2D eigenvalue weighted by Crippen LogP contribution is -2.13. The van der Waals surface area contributed by atoms with Gasteiger partial charge in [-0.3, -0.25) is 10.1 Å². The molecule has 0 fully saturated rings. The van der Waals surface area contributed by atoms with E-state index in [-0.39, 0.29) is 0 Å². The van der Waals surface area contributed by atoms with Gasteiger partial charge in [0.15, 0.2) is 6.29 Å². The van der Waals surface area contributed by atoms with Crippen molar-refractivity contribution in [2.45, 2.75) is 6.92 Å². The first kappa shape index (κ1) is 12.0. The van der Waals surface area contributed by atoms with Crippen LogP contribution in [0.15, 0.2) is 18.2 Å². The molecule has 1 aromatic rings. The highest BCUT2D eigenvalue weighted by molar-refractivity contribution is 5.87. The number of methoxy groups -OCH3 is 1. The molecule has 0 aromatic heterocycles. The van der Waals surface area contributed by atoms with Crippen LogP contribution in [0, 0.1) is 0 Å². The molecular formula is C11H13NO4. The van der Waals surface area contributed by atoms with E-state index in [0.717, 1.165) is 0 Å². The molecule has 0 radical (unpaired) electrons. The van der Waals surface area contributed by atoms with Crippen molar-refractivity contribution in [3.63, 3.8) is 0 Å². The van der Waals surface area contributed by atoms with Crippen LogP contribution in [0.3, 0.4) is 0 Å². The smallest absolute Gasteiger partial charge is 0.411 e. The van der Waals surface area contributed by atoms with Gasteiger partial charge in [0.05, 0.1) is 19.3 Å². The van der Waals surface area contributed by atoms with Crippen LogP contribution in [-0.2, 0) is 4.74 Å². The fraction of sp³-hybridized carbons (Fsp3) is 0.273. The van der Waals surface area contributed by atoms with Gasteiger partial charge in [-0.1, -0.05) is 0 Å². The standard InChI is InChI=1S/C11H13NO4/c1-3-16-11(14)12-9-5-4-8(7-13)10(6-9)15-2/h4-7H,3H2,1-2H3,(H,12,14). The van der Waals surface area contributed by atoms with Gasteiger partial charge < -0.3 is 9.47 Å². The molecule has 0 aliphatic carbocycles. The number of hydrogen-bond donors (Lipinski definition) is 1. The third kappa shape index (κ3) is 2.98. The van der Waals surface area contributed by atoms with E-state index in [1.54, 1.807) is 25.1 Å². The topological polar surface area (TPSA) is 64.6 Å². The average molecular weight is 223 g/mol. The molecule has 1 amide bonds. The van der Waals surface area contributed by atoms with E-state index >= 15 is 0 Å². The van der Waals surface area contributed by atoms with E-state index in [1.165, 1.54) is 7.11 Å². The minimum Gasteiger partial charge on any atom is -0.496 e. The second-order valence-corrected chi connectivity index (χ2v) is 2.92. The van der Waals surface area contributed by atoms with Gasteiger partial charge in [0, 0.05) is 11.8 Å². The van der Waals surface area contributed by atoms with Crippen molar-refractivity contribution in [3.05, 3.63) is 23.8 Å². The lowest BCUT2D eigenvalue weighted by molar-refractivity contribution is 0.112. The number of ether oxygens (including phenoxy) is 2. The highest BCUT2D eigenvalue weighted by Crippen LogP contribution is 2.21. The number of carbonyl (C=O) groups excluding carboxylic acids is 2. The van der Waals surface area contributed by atoms with Gasteiger partial charge in [-0.25, -0.2) is 4.79 Å². The van der Waals surface area contributed by atoms with Crippen molar-refractivity contribution in [2.75, 3.05) is 19.0 Å². The number of hydrogen-bond acceptors (Lipinski definition) is 4. The molecule has 0 aliphatic rings. The van der Waals surface area contributed by atoms with E-state index in [0.29, 0.717) is 29.9 Å². The molecule has 5 nitrogen and oxygen atoms in total. The van der Waals surface area contributed by atoms with Gasteiger partial charge in [0.1, 0.15) is 5.75 Å². The molecule has 1 rings (SSSR count). The molecule has 0 aliphatic heterocycles. The Morgan fingerprint density at radius 2 is 2.25 bits per heavy atom. The Morgan fingerprint density at radius 1 is 1.50 bits per heavy atom. The quantitative estimate of drug-likeness (QED) is 0.793. The summed E-state index contributed by atoms with van der Waals surface area (Å²) in [5, 5.41) is 2.51. The van der Waals surface area contributed by atoms with Crippen molar-refractivity contribution in [3.8, 4) is 5.75 Å². The summed E-state index contributed by atoms with van der Waals surface area (Å²) in [7, 11) is 1.45. The highest BCUT2D eigenvalue weighted by atomic mass is 16.5. The predicted molar refractivity (Wildman–Crippen MR) is 59.0 cm³/mol. The minimum absolute atomic E-state index is 0.301. The number of anilines is 1. The maximum absolute atomic E-state index is 11.1. The molecule has 1 aromatic carbocycles. The monoisotopic (exact) mass is 223 g/mol. The fourth-order valence-electron chi connectivity index (χ4n) is 1.17. The summed E-state index contributed by atoms with van der Waals surface area (Å²) in [6.45, 7) is 2.02. The van der Waals surface area contributed by atoms with Gasteiger partial charge >= 0.3 is 6.09 Å². The third-order valence-electron chi connectivity index (χ3n) is 1.88. The predicted octanol–water partition coefficient (Wildman–Crippen LogP) is 2.08. The summed E-state index contributed by atoms with van der Waals surface area (Å²) < 4.78 is 9.71. The van der Waals surface area contributed by atoms with Crippen LogP contribution in [0.1, 0.15) is 17.3 Å². The van der Waals surface area contributed by atoms with Crippen LogP contribution in [0.25, 0.3) is 0 Å². The first-order chi connectivity index (χ1) is 7.71. The van der Waals surface area contributed by atoms with Crippen molar-refractivity contribution >= 4 is 18.1 Å². The molecule has 0 spiro atoms. The van der Waals surface area contributed by atoms with Crippen LogP contribution >= 0.6 is 0 Å². The molecule has 0 saturated heterocycles.